The lowest BCUT2D eigenvalue weighted by atomic mass is 9.76. The van der Waals surface area contributed by atoms with Crippen LogP contribution in [-0.2, 0) is 0 Å². The van der Waals surface area contributed by atoms with Gasteiger partial charge in [-0.1, -0.05) is 12.0 Å². The molecule has 0 atom stereocenters. The summed E-state index contributed by atoms with van der Waals surface area (Å²) in [7, 11) is 1.98. The lowest BCUT2D eigenvalue weighted by molar-refractivity contribution is -0.101. The topological polar surface area (TPSA) is 604 Å². The number of rotatable bonds is 5. The molecule has 0 bridgehead atoms. The molecule has 0 saturated heterocycles. The molecule has 0 spiro atoms. The number of ether oxygens (including phenoxy) is 1. The third-order valence-electron chi connectivity index (χ3n) is 15.8. The summed E-state index contributed by atoms with van der Waals surface area (Å²) in [6.45, 7) is 4.04. The van der Waals surface area contributed by atoms with E-state index in [0.717, 1.165) is 15.7 Å². The van der Waals surface area contributed by atoms with Crippen molar-refractivity contribution >= 4 is 103 Å². The van der Waals surface area contributed by atoms with Crippen molar-refractivity contribution in [1.29, 1.82) is 0 Å². The van der Waals surface area contributed by atoms with E-state index in [1.807, 2.05) is 0 Å². The number of ketones is 1. The van der Waals surface area contributed by atoms with E-state index in [1.165, 1.54) is 0 Å². The van der Waals surface area contributed by atoms with Crippen molar-refractivity contribution in [2.24, 2.45) is 0 Å². The van der Waals surface area contributed by atoms with Gasteiger partial charge in [-0.2, -0.15) is 0 Å². The molecule has 90 heavy (non-hydrogen) atoms. The third kappa shape index (κ3) is 6.59. The van der Waals surface area contributed by atoms with E-state index in [-0.39, 0.29) is 0 Å². The number of carbonyl (C=O) groups excluding carboxylic acids is 1. The SMILES string of the molecule is B/C(C(=C)O)=C1\Oc2c(O)c(O)c3oc4c5c(O)c(O)c(O)c(O)c5c(O)c(O)c4c3c2-c2c1c(O)c(C(/C(O)=C(/O)C(=O)c1c(O)c(O)c(O)c3c1-c1c(B)c4c(O)c(O)c(O)c(O)c4c4c(O)c(O)c(O)c(c14)OO3)=C(/C)O)c1c(O)c(O)c(O)c(O)c21. The van der Waals surface area contributed by atoms with Crippen LogP contribution in [0.25, 0.3) is 98.6 Å². The molecule has 2 aliphatic rings. The van der Waals surface area contributed by atoms with E-state index in [9.17, 15) is 138 Å². The van der Waals surface area contributed by atoms with Crippen LogP contribution in [0.5, 0.6) is 149 Å². The van der Waals surface area contributed by atoms with Gasteiger partial charge in [-0.05, 0) is 18.0 Å². The Bertz CT molecular complexity index is 5360. The Hall–Kier alpha value is -13.4. The van der Waals surface area contributed by atoms with Crippen LogP contribution in [0, 0.1) is 0 Å². The smallest absolute Gasteiger partial charge is 0.235 e. The standard InChI is InChI=1S/C56H36B2O32/c1-3(59)5(26(62)38(74)33(69)18-15-7-14-11(12-17(24(7)58)31(67)42(78)41(77)30(12)66)29(65)45(81)47(83)55(14)89-90-56(15)48(84)46(82)34(18)70)8-10-9(27(63)39(75)40(76)28(10)64)6-13-16-21-36(72)32(68)19-22(37(73)44(80)43(79)35(19)71)51(21)87-54(16)50(86)49(85)53(13)88-52(20(6)25(8)61)23(57)4(2)60/h59-68,70-86H,2,57-58H2,1H3/b5-3+,38-26-,52-23-. The first-order valence-corrected chi connectivity index (χ1v) is 25.0. The average molecular weight is 1240 g/mol. The van der Waals surface area contributed by atoms with Crippen molar-refractivity contribution in [1.82, 2.24) is 0 Å². The Morgan fingerprint density at radius 2 is 0.778 bits per heavy atom. The summed E-state index contributed by atoms with van der Waals surface area (Å²) in [4.78, 5) is 25.8. The molecule has 10 aromatic rings. The molecular formula is C56H36B2O32. The van der Waals surface area contributed by atoms with Gasteiger partial charge in [0, 0.05) is 60.0 Å². The van der Waals surface area contributed by atoms with Crippen LogP contribution in [-0.4, -0.2) is 159 Å². The molecule has 0 unspecified atom stereocenters. The lowest BCUT2D eigenvalue weighted by Gasteiger charge is -2.30. The number of carbonyl (C=O) groups is 1. The molecule has 1 aromatic heterocycles. The van der Waals surface area contributed by atoms with E-state index in [0.29, 0.717) is 6.92 Å². The number of aliphatic hydroxyl groups excluding tert-OH is 4. The first kappa shape index (κ1) is 57.0. The van der Waals surface area contributed by atoms with Gasteiger partial charge in [0.1, 0.15) is 38.7 Å². The monoisotopic (exact) mass is 1240 g/mol. The van der Waals surface area contributed by atoms with E-state index in [1.54, 1.807) is 0 Å². The van der Waals surface area contributed by atoms with Crippen molar-refractivity contribution in [3.63, 3.8) is 0 Å². The van der Waals surface area contributed by atoms with E-state index >= 15 is 4.79 Å². The molecule has 12 rings (SSSR count). The Kier molecular flexibility index (Phi) is 11.4. The fourth-order valence-electron chi connectivity index (χ4n) is 11.7. The molecule has 0 amide bonds. The van der Waals surface area contributed by atoms with Crippen LogP contribution < -0.4 is 20.0 Å². The summed E-state index contributed by atoms with van der Waals surface area (Å²) in [6, 6.07) is 0. The Morgan fingerprint density at radius 3 is 1.33 bits per heavy atom. The average Bonchev–Trinajstić information content (AvgIpc) is 1.24. The maximum atomic E-state index is 15.3. The fourth-order valence-corrected chi connectivity index (χ4v) is 11.7. The maximum Gasteiger partial charge on any atom is 0.235 e. The van der Waals surface area contributed by atoms with Crippen LogP contribution in [0.15, 0.2) is 39.5 Å². The second-order valence-corrected chi connectivity index (χ2v) is 20.4. The maximum absolute atomic E-state index is 15.3. The lowest BCUT2D eigenvalue weighted by Crippen LogP contribution is -2.15. The molecule has 32 nitrogen and oxygen atoms in total. The Labute approximate surface area is 494 Å². The number of phenols is 23. The van der Waals surface area contributed by atoms with Crippen molar-refractivity contribution in [2.45, 2.75) is 6.92 Å². The first-order chi connectivity index (χ1) is 42.1. The van der Waals surface area contributed by atoms with Gasteiger partial charge < -0.3 is 147 Å². The van der Waals surface area contributed by atoms with E-state index in [2.05, 4.69) is 6.58 Å². The highest BCUT2D eigenvalue weighted by atomic mass is 17.2. The molecule has 34 heteroatoms. The van der Waals surface area contributed by atoms with Gasteiger partial charge in [0.2, 0.25) is 92.0 Å². The van der Waals surface area contributed by atoms with Gasteiger partial charge in [0.15, 0.2) is 80.2 Å². The number of allylic oxidation sites excluding steroid dienone is 4. The third-order valence-corrected chi connectivity index (χ3v) is 15.8. The van der Waals surface area contributed by atoms with Gasteiger partial charge in [-0.25, -0.2) is 0 Å². The molecule has 2 aliphatic heterocycles. The number of furan rings is 1. The first-order valence-electron chi connectivity index (χ1n) is 25.0. The summed E-state index contributed by atoms with van der Waals surface area (Å²) in [6.07, 6.45) is 0. The molecule has 9 aromatic carbocycles. The van der Waals surface area contributed by atoms with E-state index < -0.39 is 305 Å². The number of benzene rings is 9. The van der Waals surface area contributed by atoms with Crippen LogP contribution >= 0.6 is 0 Å². The number of fused-ring (bicyclic) bond motifs is 15. The minimum Gasteiger partial charge on any atom is -0.512 e. The molecule has 3 heterocycles. The minimum atomic E-state index is -2.22. The number of aliphatic hydroxyl groups is 4. The number of aromatic hydroxyl groups is 23. The van der Waals surface area contributed by atoms with Crippen molar-refractivity contribution in [3.05, 3.63) is 51.8 Å². The zero-order valence-corrected chi connectivity index (χ0v) is 44.8. The second kappa shape index (κ2) is 18.1. The van der Waals surface area contributed by atoms with Crippen molar-refractivity contribution in [2.75, 3.05) is 0 Å². The van der Waals surface area contributed by atoms with Crippen LogP contribution in [0.3, 0.4) is 0 Å². The normalized spacial score (nSPS) is 13.7. The van der Waals surface area contributed by atoms with Crippen LogP contribution in [0.2, 0.25) is 0 Å². The Balaban J connectivity index is 1.23. The second-order valence-electron chi connectivity index (χ2n) is 20.4. The van der Waals surface area contributed by atoms with Crippen molar-refractivity contribution < 1.29 is 162 Å². The van der Waals surface area contributed by atoms with Crippen molar-refractivity contribution in [3.8, 4) is 172 Å². The fraction of sp³-hybridized carbons (Fsp3) is 0.0179. The molecular weight excluding hydrogens is 1210 g/mol. The van der Waals surface area contributed by atoms with Gasteiger partial charge in [0.25, 0.3) is 0 Å². The molecule has 0 aliphatic carbocycles. The predicted molar refractivity (Wildman–Crippen MR) is 308 cm³/mol. The minimum absolute atomic E-state index is 0.598. The van der Waals surface area contributed by atoms with Crippen LogP contribution in [0.4, 0.5) is 0 Å². The number of phenolic OH excluding ortho intramolecular Hbond substituents is 23. The highest BCUT2D eigenvalue weighted by Gasteiger charge is 2.45. The zero-order valence-electron chi connectivity index (χ0n) is 44.8. The summed E-state index contributed by atoms with van der Waals surface area (Å²) in [5.74, 6) is -47.9. The predicted octanol–water partition coefficient (Wildman–Crippen LogP) is 4.97. The highest BCUT2D eigenvalue weighted by Crippen LogP contribution is 2.68. The summed E-state index contributed by atoms with van der Waals surface area (Å²) >= 11 is 0. The zero-order chi connectivity index (χ0) is 66.0. The number of hydrogen-bond donors (Lipinski definition) is 27. The highest BCUT2D eigenvalue weighted by molar-refractivity contribution is 6.49. The van der Waals surface area contributed by atoms with Gasteiger partial charge in [0.05, 0.1) is 32.9 Å². The largest absolute Gasteiger partial charge is 0.512 e. The summed E-state index contributed by atoms with van der Waals surface area (Å²) < 4.78 is 11.9. The summed E-state index contributed by atoms with van der Waals surface area (Å²) in [5.41, 5.74) is -12.7. The van der Waals surface area contributed by atoms with Crippen LogP contribution in [0.1, 0.15) is 28.4 Å². The summed E-state index contributed by atoms with van der Waals surface area (Å²) in [5, 5.41) is 299. The molecule has 0 radical (unpaired) electrons. The van der Waals surface area contributed by atoms with Gasteiger partial charge in [-0.15, -0.1) is 0 Å². The Morgan fingerprint density at radius 1 is 0.356 bits per heavy atom. The molecule has 0 saturated carbocycles. The molecule has 458 valence electrons. The van der Waals surface area contributed by atoms with E-state index in [4.69, 9.17) is 18.9 Å². The quantitative estimate of drug-likeness (QED) is 0.0124. The van der Waals surface area contributed by atoms with Gasteiger partial charge >= 0.3 is 0 Å². The molecule has 27 N–H and O–H groups in total. The van der Waals surface area contributed by atoms with Gasteiger partial charge in [-0.3, -0.25) is 14.6 Å². The molecule has 0 fully saturated rings. The number of Topliss-reactive ketones (excluding diaryl/α,β-unsaturated/α-hetero) is 1. The number of hydrogen-bond acceptors (Lipinski definition) is 32.